The van der Waals surface area contributed by atoms with E-state index in [0.29, 0.717) is 23.4 Å². The van der Waals surface area contributed by atoms with Gasteiger partial charge in [-0.3, -0.25) is 14.9 Å². The van der Waals surface area contributed by atoms with Crippen molar-refractivity contribution in [2.24, 2.45) is 0 Å². The van der Waals surface area contributed by atoms with E-state index in [9.17, 15) is 14.4 Å². The maximum absolute atomic E-state index is 12.9. The van der Waals surface area contributed by atoms with Crippen LogP contribution in [0.4, 0.5) is 4.79 Å². The van der Waals surface area contributed by atoms with Crippen LogP contribution in [0.5, 0.6) is 5.75 Å². The number of hydrogen-bond donors (Lipinski definition) is 2. The molecule has 29 heavy (non-hydrogen) atoms. The van der Waals surface area contributed by atoms with E-state index in [0.717, 1.165) is 9.13 Å². The molecule has 0 aromatic heterocycles. The highest BCUT2D eigenvalue weighted by Crippen LogP contribution is 2.28. The van der Waals surface area contributed by atoms with Gasteiger partial charge in [-0.2, -0.15) is 0 Å². The van der Waals surface area contributed by atoms with Crippen molar-refractivity contribution in [1.82, 2.24) is 15.5 Å². The van der Waals surface area contributed by atoms with Gasteiger partial charge in [0.1, 0.15) is 5.75 Å². The maximum atomic E-state index is 12.9. The normalized spacial score (nSPS) is 19.9. The highest BCUT2D eigenvalue weighted by molar-refractivity contribution is 14.1. The molecule has 2 aliphatic heterocycles. The van der Waals surface area contributed by atoms with E-state index >= 15 is 0 Å². The number of halogens is 1. The molecule has 7 nitrogen and oxygen atoms in total. The van der Waals surface area contributed by atoms with Crippen molar-refractivity contribution in [1.29, 1.82) is 0 Å². The summed E-state index contributed by atoms with van der Waals surface area (Å²) in [4.78, 5) is 38.8. The summed E-state index contributed by atoms with van der Waals surface area (Å²) < 4.78 is 6.25. The number of carbonyl (C=O) groups excluding carboxylic acids is 3. The van der Waals surface area contributed by atoms with Crippen molar-refractivity contribution in [2.45, 2.75) is 12.1 Å². The second-order valence-corrected chi connectivity index (χ2v) is 8.00. The van der Waals surface area contributed by atoms with Crippen LogP contribution in [0.15, 0.2) is 42.5 Å². The molecule has 1 atom stereocenters. The molecule has 4 amide bonds. The third-order valence-corrected chi connectivity index (χ3v) is 5.55. The number of benzene rings is 2. The fraction of sp³-hybridized carbons (Fsp3) is 0.190. The maximum Gasteiger partial charge on any atom is 0.323 e. The largest absolute Gasteiger partial charge is 0.497 e. The quantitative estimate of drug-likeness (QED) is 0.382. The van der Waals surface area contributed by atoms with Crippen LogP contribution >= 0.6 is 22.6 Å². The van der Waals surface area contributed by atoms with Gasteiger partial charge in [-0.05, 0) is 64.6 Å². The summed E-state index contributed by atoms with van der Waals surface area (Å²) in [6.07, 6.45) is 0. The predicted molar refractivity (Wildman–Crippen MR) is 113 cm³/mol. The predicted octanol–water partition coefficient (Wildman–Crippen LogP) is 1.89. The van der Waals surface area contributed by atoms with Gasteiger partial charge >= 0.3 is 6.03 Å². The number of hydrogen-bond acceptors (Lipinski definition) is 4. The Bertz CT molecular complexity index is 1090. The molecular weight excluding hydrogens is 485 g/mol. The molecule has 2 heterocycles. The highest BCUT2D eigenvalue weighted by atomic mass is 127. The topological polar surface area (TPSA) is 87.7 Å². The number of nitrogens with zero attached hydrogens (tertiary/aromatic N) is 1. The minimum absolute atomic E-state index is 0.0578. The second kappa shape index (κ2) is 7.40. The molecule has 4 rings (SSSR count). The van der Waals surface area contributed by atoms with Crippen molar-refractivity contribution in [3.63, 3.8) is 0 Å². The first-order valence-electron chi connectivity index (χ1n) is 8.79. The Morgan fingerprint density at radius 1 is 1.17 bits per heavy atom. The van der Waals surface area contributed by atoms with Gasteiger partial charge in [-0.25, -0.2) is 4.79 Å². The van der Waals surface area contributed by atoms with E-state index in [4.69, 9.17) is 4.74 Å². The van der Waals surface area contributed by atoms with Crippen LogP contribution in [0.2, 0.25) is 0 Å². The lowest BCUT2D eigenvalue weighted by atomic mass is 9.99. The van der Waals surface area contributed by atoms with Gasteiger partial charge in [0.2, 0.25) is 5.54 Å². The molecule has 0 saturated carbocycles. The van der Waals surface area contributed by atoms with Crippen LogP contribution in [-0.2, 0) is 11.3 Å². The number of rotatable bonds is 3. The first-order chi connectivity index (χ1) is 13.9. The summed E-state index contributed by atoms with van der Waals surface area (Å²) in [6.45, 7) is 0.270. The first-order valence-corrected chi connectivity index (χ1v) is 9.87. The van der Waals surface area contributed by atoms with Gasteiger partial charge in [-0.15, -0.1) is 0 Å². The number of methoxy groups -OCH3 is 1. The van der Waals surface area contributed by atoms with Crippen molar-refractivity contribution in [2.75, 3.05) is 13.7 Å². The first kappa shape index (κ1) is 19.3. The molecule has 0 unspecified atom stereocenters. The average Bonchev–Trinajstić information content (AvgIpc) is 3.16. The molecule has 2 aliphatic rings. The van der Waals surface area contributed by atoms with E-state index in [-0.39, 0.29) is 12.5 Å². The summed E-state index contributed by atoms with van der Waals surface area (Å²) in [5, 5.41) is 4.83. The lowest BCUT2D eigenvalue weighted by molar-refractivity contribution is -0.122. The third kappa shape index (κ3) is 3.65. The molecule has 8 heteroatoms. The van der Waals surface area contributed by atoms with Crippen LogP contribution in [0, 0.1) is 15.4 Å². The zero-order chi connectivity index (χ0) is 20.6. The molecule has 0 radical (unpaired) electrons. The van der Waals surface area contributed by atoms with Crippen molar-refractivity contribution in [3.8, 4) is 17.6 Å². The average molecular weight is 501 g/mol. The van der Waals surface area contributed by atoms with Crippen LogP contribution in [-0.4, -0.2) is 41.9 Å². The zero-order valence-electron chi connectivity index (χ0n) is 15.4. The smallest absolute Gasteiger partial charge is 0.323 e. The van der Waals surface area contributed by atoms with E-state index in [1.165, 1.54) is 12.0 Å². The number of fused-ring (bicyclic) bond motifs is 1. The Morgan fingerprint density at radius 2 is 1.93 bits per heavy atom. The number of urea groups is 1. The monoisotopic (exact) mass is 501 g/mol. The van der Waals surface area contributed by atoms with Gasteiger partial charge in [0.25, 0.3) is 11.8 Å². The minimum Gasteiger partial charge on any atom is -0.497 e. The van der Waals surface area contributed by atoms with Crippen molar-refractivity contribution >= 4 is 40.4 Å². The summed E-state index contributed by atoms with van der Waals surface area (Å²) in [5.41, 5.74) is 0.553. The fourth-order valence-electron chi connectivity index (χ4n) is 3.32. The van der Waals surface area contributed by atoms with Gasteiger partial charge in [0, 0.05) is 21.2 Å². The van der Waals surface area contributed by atoms with Gasteiger partial charge < -0.3 is 15.0 Å². The van der Waals surface area contributed by atoms with E-state index in [1.807, 2.05) is 30.3 Å². The minimum atomic E-state index is -1.51. The molecule has 1 saturated heterocycles. The summed E-state index contributed by atoms with van der Waals surface area (Å²) in [6, 6.07) is 12.1. The molecule has 2 N–H and O–H groups in total. The standard InChI is InChI=1S/C21H16IN3O4/c1-29-16-7-4-14-11-25(18(26)17(14)10-16)12-21(19(27)23-20(28)24-21)9-8-13-2-5-15(22)6-3-13/h2-7,10H,11-12H2,1H3,(H2,23,24,27,28)/t21-/m1/s1. The molecule has 146 valence electrons. The second-order valence-electron chi connectivity index (χ2n) is 6.75. The Labute approximate surface area is 180 Å². The number of nitrogens with one attached hydrogen (secondary N) is 2. The number of ether oxygens (including phenoxy) is 1. The van der Waals surface area contributed by atoms with Gasteiger partial charge in [0.05, 0.1) is 13.7 Å². The number of imide groups is 1. The Kier molecular flexibility index (Phi) is 4.92. The lowest BCUT2D eigenvalue weighted by Gasteiger charge is -2.26. The molecule has 0 aliphatic carbocycles. The van der Waals surface area contributed by atoms with Crippen LogP contribution in [0.1, 0.15) is 21.5 Å². The zero-order valence-corrected chi connectivity index (χ0v) is 17.6. The molecule has 0 spiro atoms. The Balaban J connectivity index is 1.64. The number of carbonyl (C=O) groups is 3. The summed E-state index contributed by atoms with van der Waals surface area (Å²) in [5.74, 6) is 5.62. The van der Waals surface area contributed by atoms with Crippen LogP contribution < -0.4 is 15.4 Å². The van der Waals surface area contributed by atoms with E-state index in [1.54, 1.807) is 12.1 Å². The Hall–Kier alpha value is -3.06. The lowest BCUT2D eigenvalue weighted by Crippen LogP contribution is -2.54. The molecule has 1 fully saturated rings. The van der Waals surface area contributed by atoms with Crippen molar-refractivity contribution < 1.29 is 19.1 Å². The summed E-state index contributed by atoms with van der Waals surface area (Å²) >= 11 is 2.19. The van der Waals surface area contributed by atoms with Gasteiger partial charge in [0.15, 0.2) is 0 Å². The molecule has 2 aromatic carbocycles. The van der Waals surface area contributed by atoms with E-state index < -0.39 is 17.5 Å². The third-order valence-electron chi connectivity index (χ3n) is 4.83. The number of amides is 4. The van der Waals surface area contributed by atoms with Crippen LogP contribution in [0.25, 0.3) is 0 Å². The highest BCUT2D eigenvalue weighted by Gasteiger charge is 2.48. The molecule has 2 aromatic rings. The molecule has 0 bridgehead atoms. The fourth-order valence-corrected chi connectivity index (χ4v) is 3.68. The molecular formula is C21H16IN3O4. The van der Waals surface area contributed by atoms with Crippen molar-refractivity contribution in [3.05, 3.63) is 62.7 Å². The van der Waals surface area contributed by atoms with Gasteiger partial charge in [-0.1, -0.05) is 17.9 Å². The Morgan fingerprint density at radius 3 is 2.59 bits per heavy atom. The summed E-state index contributed by atoms with van der Waals surface area (Å²) in [7, 11) is 1.53. The van der Waals surface area contributed by atoms with Crippen LogP contribution in [0.3, 0.4) is 0 Å². The van der Waals surface area contributed by atoms with E-state index in [2.05, 4.69) is 45.1 Å². The SMILES string of the molecule is COc1ccc2c(c1)C(=O)N(C[C@@]1(C#Cc3ccc(I)cc3)NC(=O)NC1=O)C2.